The Morgan fingerprint density at radius 3 is 2.80 bits per heavy atom. The first-order chi connectivity index (χ1) is 9.60. The maximum Gasteiger partial charge on any atom is 0.314 e. The first kappa shape index (κ1) is 14.3. The Kier molecular flexibility index (Phi) is 4.52. The van der Waals surface area contributed by atoms with Gasteiger partial charge in [0.2, 0.25) is 0 Å². The highest BCUT2D eigenvalue weighted by atomic mass is 79.9. The van der Waals surface area contributed by atoms with Gasteiger partial charge in [-0.15, -0.1) is 0 Å². The third kappa shape index (κ3) is 3.45. The van der Waals surface area contributed by atoms with Gasteiger partial charge < -0.3 is 9.47 Å². The molecule has 0 aliphatic rings. The molecule has 0 unspecified atom stereocenters. The van der Waals surface area contributed by atoms with E-state index < -0.39 is 4.92 Å². The average molecular weight is 339 g/mol. The molecule has 0 bridgehead atoms. The summed E-state index contributed by atoms with van der Waals surface area (Å²) in [6.45, 7) is 0.194. The molecule has 1 aromatic heterocycles. The minimum atomic E-state index is -0.503. The number of aromatic nitrogens is 1. The Morgan fingerprint density at radius 2 is 2.15 bits per heavy atom. The standard InChI is InChI=1S/C13H11BrN2O4/c1-19-11-2-3-13(12(5-11)16(17)18)20-8-9-4-10(14)7-15-6-9/h2-7H,8H2,1H3. The molecule has 0 spiro atoms. The van der Waals surface area contributed by atoms with Gasteiger partial charge in [0.15, 0.2) is 5.75 Å². The van der Waals surface area contributed by atoms with Gasteiger partial charge in [-0.25, -0.2) is 0 Å². The summed E-state index contributed by atoms with van der Waals surface area (Å²) in [5.41, 5.74) is 0.678. The van der Waals surface area contributed by atoms with E-state index in [4.69, 9.17) is 9.47 Å². The molecule has 20 heavy (non-hydrogen) atoms. The Labute approximate surface area is 123 Å². The average Bonchev–Trinajstić information content (AvgIpc) is 2.45. The largest absolute Gasteiger partial charge is 0.496 e. The monoisotopic (exact) mass is 338 g/mol. The summed E-state index contributed by atoms with van der Waals surface area (Å²) in [6, 6.07) is 6.29. The van der Waals surface area contributed by atoms with E-state index in [1.165, 1.54) is 19.2 Å². The third-order valence-electron chi connectivity index (χ3n) is 2.52. The van der Waals surface area contributed by atoms with Crippen molar-refractivity contribution < 1.29 is 14.4 Å². The SMILES string of the molecule is COc1ccc(OCc2cncc(Br)c2)c([N+](=O)[O-])c1. The van der Waals surface area contributed by atoms with Gasteiger partial charge in [0.05, 0.1) is 18.1 Å². The van der Waals surface area contributed by atoms with Crippen molar-refractivity contribution in [2.24, 2.45) is 0 Å². The Bertz CT molecular complexity index is 634. The Hall–Kier alpha value is -2.15. The van der Waals surface area contributed by atoms with Crippen molar-refractivity contribution in [1.29, 1.82) is 0 Å². The summed E-state index contributed by atoms with van der Waals surface area (Å²) >= 11 is 3.30. The van der Waals surface area contributed by atoms with Gasteiger partial charge in [0.25, 0.3) is 0 Å². The number of pyridine rings is 1. The number of hydrogen-bond donors (Lipinski definition) is 0. The van der Waals surface area contributed by atoms with Gasteiger partial charge in [-0.05, 0) is 34.1 Å². The zero-order chi connectivity index (χ0) is 14.5. The highest BCUT2D eigenvalue weighted by molar-refractivity contribution is 9.10. The zero-order valence-electron chi connectivity index (χ0n) is 10.6. The lowest BCUT2D eigenvalue weighted by atomic mass is 10.2. The van der Waals surface area contributed by atoms with Crippen LogP contribution in [0.25, 0.3) is 0 Å². The highest BCUT2D eigenvalue weighted by Crippen LogP contribution is 2.31. The third-order valence-corrected chi connectivity index (χ3v) is 2.95. The molecule has 1 aromatic carbocycles. The second-order valence-electron chi connectivity index (χ2n) is 3.89. The molecule has 0 saturated heterocycles. The van der Waals surface area contributed by atoms with Crippen LogP contribution in [0.3, 0.4) is 0 Å². The number of ether oxygens (including phenoxy) is 2. The minimum Gasteiger partial charge on any atom is -0.496 e. The first-order valence-corrected chi connectivity index (χ1v) is 6.44. The molecule has 0 amide bonds. The van der Waals surface area contributed by atoms with Crippen molar-refractivity contribution in [3.05, 3.63) is 56.8 Å². The minimum absolute atomic E-state index is 0.132. The maximum absolute atomic E-state index is 11.0. The summed E-state index contributed by atoms with van der Waals surface area (Å²) < 4.78 is 11.3. The van der Waals surface area contributed by atoms with Crippen molar-refractivity contribution in [2.75, 3.05) is 7.11 Å². The topological polar surface area (TPSA) is 74.5 Å². The van der Waals surface area contributed by atoms with Crippen molar-refractivity contribution in [3.63, 3.8) is 0 Å². The fraction of sp³-hybridized carbons (Fsp3) is 0.154. The van der Waals surface area contributed by atoms with Crippen LogP contribution in [0.1, 0.15) is 5.56 Å². The van der Waals surface area contributed by atoms with E-state index in [0.717, 1.165) is 10.0 Å². The molecule has 104 valence electrons. The molecule has 0 aliphatic carbocycles. The van der Waals surface area contributed by atoms with Crippen LogP contribution < -0.4 is 9.47 Å². The molecule has 1 heterocycles. The van der Waals surface area contributed by atoms with Crippen molar-refractivity contribution in [3.8, 4) is 11.5 Å². The highest BCUT2D eigenvalue weighted by Gasteiger charge is 2.16. The molecule has 6 nitrogen and oxygen atoms in total. The Morgan fingerprint density at radius 1 is 1.35 bits per heavy atom. The van der Waals surface area contributed by atoms with E-state index in [1.54, 1.807) is 18.5 Å². The molecule has 0 fully saturated rings. The first-order valence-electron chi connectivity index (χ1n) is 5.65. The number of hydrogen-bond acceptors (Lipinski definition) is 5. The number of nitrogens with zero attached hydrogens (tertiary/aromatic N) is 2. The van der Waals surface area contributed by atoms with Crippen LogP contribution in [0, 0.1) is 10.1 Å². The van der Waals surface area contributed by atoms with Crippen LogP contribution in [0.5, 0.6) is 11.5 Å². The lowest BCUT2D eigenvalue weighted by molar-refractivity contribution is -0.386. The van der Waals surface area contributed by atoms with Gasteiger partial charge >= 0.3 is 5.69 Å². The molecule has 7 heteroatoms. The molecule has 0 radical (unpaired) electrons. The van der Waals surface area contributed by atoms with Crippen LogP contribution in [0.4, 0.5) is 5.69 Å². The second kappa shape index (κ2) is 6.33. The summed E-state index contributed by atoms with van der Waals surface area (Å²) in [4.78, 5) is 14.5. The number of nitro benzene ring substituents is 1. The molecule has 0 saturated carbocycles. The second-order valence-corrected chi connectivity index (χ2v) is 4.81. The van der Waals surface area contributed by atoms with Crippen molar-refractivity contribution in [2.45, 2.75) is 6.61 Å². The summed E-state index contributed by atoms with van der Waals surface area (Å²) in [5.74, 6) is 0.601. The number of rotatable bonds is 5. The van der Waals surface area contributed by atoms with Gasteiger partial charge in [0, 0.05) is 22.4 Å². The smallest absolute Gasteiger partial charge is 0.314 e. The van der Waals surface area contributed by atoms with Crippen LogP contribution >= 0.6 is 15.9 Å². The maximum atomic E-state index is 11.0. The van der Waals surface area contributed by atoms with Gasteiger partial charge in [0.1, 0.15) is 12.4 Å². The van der Waals surface area contributed by atoms with E-state index >= 15 is 0 Å². The molecule has 0 aliphatic heterocycles. The molecule has 2 aromatic rings. The molecule has 0 atom stereocenters. The Balaban J connectivity index is 2.18. The quantitative estimate of drug-likeness (QED) is 0.617. The fourth-order valence-electron chi connectivity index (χ4n) is 1.58. The van der Waals surface area contributed by atoms with Crippen molar-refractivity contribution in [1.82, 2.24) is 4.98 Å². The molecular weight excluding hydrogens is 328 g/mol. The number of methoxy groups -OCH3 is 1. The van der Waals surface area contributed by atoms with Crippen molar-refractivity contribution >= 4 is 21.6 Å². The number of nitro groups is 1. The van der Waals surface area contributed by atoms with Gasteiger partial charge in [-0.1, -0.05) is 0 Å². The number of halogens is 1. The number of benzene rings is 1. The molecule has 2 rings (SSSR count). The van der Waals surface area contributed by atoms with Crippen LogP contribution in [-0.4, -0.2) is 17.0 Å². The van der Waals surface area contributed by atoms with E-state index in [0.29, 0.717) is 5.75 Å². The van der Waals surface area contributed by atoms with Crippen LogP contribution in [0.15, 0.2) is 41.1 Å². The van der Waals surface area contributed by atoms with Crippen LogP contribution in [0.2, 0.25) is 0 Å². The van der Waals surface area contributed by atoms with Gasteiger partial charge in [-0.3, -0.25) is 15.1 Å². The van der Waals surface area contributed by atoms with E-state index in [2.05, 4.69) is 20.9 Å². The summed E-state index contributed by atoms with van der Waals surface area (Å²) in [7, 11) is 1.45. The zero-order valence-corrected chi connectivity index (χ0v) is 12.2. The summed E-state index contributed by atoms with van der Waals surface area (Å²) in [5, 5.41) is 11.0. The van der Waals surface area contributed by atoms with E-state index in [1.807, 2.05) is 6.07 Å². The predicted molar refractivity (Wildman–Crippen MR) is 75.9 cm³/mol. The molecule has 0 N–H and O–H groups in total. The normalized spacial score (nSPS) is 10.1. The molecular formula is C13H11BrN2O4. The van der Waals surface area contributed by atoms with E-state index in [-0.39, 0.29) is 18.0 Å². The fourth-order valence-corrected chi connectivity index (χ4v) is 2.00. The van der Waals surface area contributed by atoms with Crippen LogP contribution in [-0.2, 0) is 6.61 Å². The predicted octanol–water partition coefficient (Wildman–Crippen LogP) is 3.34. The van der Waals surface area contributed by atoms with Gasteiger partial charge in [-0.2, -0.15) is 0 Å². The lowest BCUT2D eigenvalue weighted by Gasteiger charge is -2.08. The lowest BCUT2D eigenvalue weighted by Crippen LogP contribution is -2.00. The summed E-state index contributed by atoms with van der Waals surface area (Å²) in [6.07, 6.45) is 3.29. The van der Waals surface area contributed by atoms with E-state index in [9.17, 15) is 10.1 Å².